The fourth-order valence-electron chi connectivity index (χ4n) is 2.51. The molecule has 1 amide bonds. The Morgan fingerprint density at radius 3 is 2.25 bits per heavy atom. The Balaban J connectivity index is 1.55. The van der Waals surface area contributed by atoms with Gasteiger partial charge in [0.05, 0.1) is 11.4 Å². The van der Waals surface area contributed by atoms with E-state index < -0.39 is 0 Å². The van der Waals surface area contributed by atoms with E-state index in [1.807, 2.05) is 24.3 Å². The number of carbonyl (C=O) groups excluding carboxylic acids is 3. The van der Waals surface area contributed by atoms with Gasteiger partial charge in [-0.3, -0.25) is 14.4 Å². The molecule has 0 aliphatic rings. The molecular formula is C22H19NO4S. The number of hydrogen-bond acceptors (Lipinski definition) is 5. The SMILES string of the molecule is CC(=O)NCc1ccc(C(=O)COc2ccc(C(=O)c3ccccc3)cc2)s1. The molecule has 1 aromatic heterocycles. The first-order chi connectivity index (χ1) is 13.5. The Morgan fingerprint density at radius 1 is 0.893 bits per heavy atom. The summed E-state index contributed by atoms with van der Waals surface area (Å²) in [7, 11) is 0. The van der Waals surface area contributed by atoms with Crippen LogP contribution in [0.25, 0.3) is 0 Å². The smallest absolute Gasteiger partial charge is 0.217 e. The number of hydrogen-bond donors (Lipinski definition) is 1. The summed E-state index contributed by atoms with van der Waals surface area (Å²) in [5, 5.41) is 2.70. The van der Waals surface area contributed by atoms with Crippen molar-refractivity contribution in [2.75, 3.05) is 6.61 Å². The van der Waals surface area contributed by atoms with E-state index in [4.69, 9.17) is 4.74 Å². The lowest BCUT2D eigenvalue weighted by Crippen LogP contribution is -2.18. The zero-order valence-electron chi connectivity index (χ0n) is 15.3. The van der Waals surface area contributed by atoms with Crippen molar-refractivity contribution in [2.45, 2.75) is 13.5 Å². The van der Waals surface area contributed by atoms with Crippen LogP contribution in [0.1, 0.15) is 37.4 Å². The predicted octanol–water partition coefficient (Wildman–Crippen LogP) is 3.88. The second-order valence-electron chi connectivity index (χ2n) is 6.11. The average molecular weight is 393 g/mol. The van der Waals surface area contributed by atoms with Crippen LogP contribution in [0.2, 0.25) is 0 Å². The van der Waals surface area contributed by atoms with Gasteiger partial charge in [0, 0.05) is 22.9 Å². The summed E-state index contributed by atoms with van der Waals surface area (Å²) in [5.41, 5.74) is 1.19. The molecule has 1 heterocycles. The highest BCUT2D eigenvalue weighted by Gasteiger charge is 2.12. The third-order valence-electron chi connectivity index (χ3n) is 3.97. The van der Waals surface area contributed by atoms with Crippen LogP contribution in [0.5, 0.6) is 5.75 Å². The molecule has 2 aromatic carbocycles. The van der Waals surface area contributed by atoms with E-state index >= 15 is 0 Å². The number of ether oxygens (including phenoxy) is 1. The summed E-state index contributed by atoms with van der Waals surface area (Å²) in [5.74, 6) is 0.212. The third kappa shape index (κ3) is 5.14. The van der Waals surface area contributed by atoms with Crippen LogP contribution in [0.3, 0.4) is 0 Å². The molecule has 0 radical (unpaired) electrons. The van der Waals surface area contributed by atoms with E-state index in [1.54, 1.807) is 42.5 Å². The van der Waals surface area contributed by atoms with E-state index in [0.29, 0.717) is 28.3 Å². The molecule has 0 atom stereocenters. The highest BCUT2D eigenvalue weighted by molar-refractivity contribution is 7.14. The highest BCUT2D eigenvalue weighted by Crippen LogP contribution is 2.19. The lowest BCUT2D eigenvalue weighted by Gasteiger charge is -2.06. The highest BCUT2D eigenvalue weighted by atomic mass is 32.1. The number of ketones is 2. The topological polar surface area (TPSA) is 72.5 Å². The maximum Gasteiger partial charge on any atom is 0.217 e. The van der Waals surface area contributed by atoms with Crippen molar-refractivity contribution in [2.24, 2.45) is 0 Å². The van der Waals surface area contributed by atoms with Crippen molar-refractivity contribution < 1.29 is 19.1 Å². The largest absolute Gasteiger partial charge is 0.485 e. The molecule has 3 rings (SSSR count). The van der Waals surface area contributed by atoms with E-state index in [2.05, 4.69) is 5.32 Å². The van der Waals surface area contributed by atoms with Crippen molar-refractivity contribution in [1.82, 2.24) is 5.32 Å². The predicted molar refractivity (Wildman–Crippen MR) is 108 cm³/mol. The molecular weight excluding hydrogens is 374 g/mol. The Kier molecular flexibility index (Phi) is 6.34. The van der Waals surface area contributed by atoms with Gasteiger partial charge >= 0.3 is 0 Å². The molecule has 0 fully saturated rings. The second-order valence-corrected chi connectivity index (χ2v) is 7.28. The number of amides is 1. The van der Waals surface area contributed by atoms with Crippen LogP contribution in [0.15, 0.2) is 66.7 Å². The summed E-state index contributed by atoms with van der Waals surface area (Å²) in [6.45, 7) is 1.77. The molecule has 0 saturated carbocycles. The minimum atomic E-state index is -0.136. The van der Waals surface area contributed by atoms with Gasteiger partial charge in [-0.25, -0.2) is 0 Å². The third-order valence-corrected chi connectivity index (χ3v) is 5.10. The van der Waals surface area contributed by atoms with Crippen molar-refractivity contribution in [1.29, 1.82) is 0 Å². The van der Waals surface area contributed by atoms with E-state index in [9.17, 15) is 14.4 Å². The normalized spacial score (nSPS) is 10.3. The lowest BCUT2D eigenvalue weighted by molar-refractivity contribution is -0.119. The van der Waals surface area contributed by atoms with Gasteiger partial charge in [0.2, 0.25) is 11.7 Å². The number of nitrogens with one attached hydrogen (secondary N) is 1. The molecule has 3 aromatic rings. The van der Waals surface area contributed by atoms with Crippen LogP contribution in [0, 0.1) is 0 Å². The number of thiophene rings is 1. The first-order valence-corrected chi connectivity index (χ1v) is 9.53. The summed E-state index contributed by atoms with van der Waals surface area (Å²) in [6.07, 6.45) is 0. The van der Waals surface area contributed by atoms with Gasteiger partial charge < -0.3 is 10.1 Å². The standard InChI is InChI=1S/C22H19NO4S/c1-15(24)23-13-19-11-12-21(28-19)20(25)14-27-18-9-7-17(8-10-18)22(26)16-5-3-2-4-6-16/h2-12H,13-14H2,1H3,(H,23,24). The number of benzene rings is 2. The van der Waals surface area contributed by atoms with Crippen LogP contribution in [-0.2, 0) is 11.3 Å². The Hall–Kier alpha value is -3.25. The van der Waals surface area contributed by atoms with Crippen molar-refractivity contribution in [3.63, 3.8) is 0 Å². The van der Waals surface area contributed by atoms with E-state index in [0.717, 1.165) is 4.88 Å². The van der Waals surface area contributed by atoms with Gasteiger partial charge in [0.15, 0.2) is 12.4 Å². The molecule has 28 heavy (non-hydrogen) atoms. The van der Waals surface area contributed by atoms with E-state index in [1.165, 1.54) is 18.3 Å². The van der Waals surface area contributed by atoms with Crippen LogP contribution < -0.4 is 10.1 Å². The van der Waals surface area contributed by atoms with Gasteiger partial charge in [-0.05, 0) is 36.4 Å². The number of Topliss-reactive ketones (excluding diaryl/α,β-unsaturated/α-hetero) is 1. The molecule has 0 aliphatic heterocycles. The summed E-state index contributed by atoms with van der Waals surface area (Å²) >= 11 is 1.33. The zero-order valence-corrected chi connectivity index (χ0v) is 16.1. The molecule has 0 spiro atoms. The van der Waals surface area contributed by atoms with Gasteiger partial charge in [0.1, 0.15) is 5.75 Å². The Bertz CT molecular complexity index is 977. The first kappa shape index (κ1) is 19.5. The molecule has 5 nitrogen and oxygen atoms in total. The number of rotatable bonds is 8. The maximum absolute atomic E-state index is 12.4. The lowest BCUT2D eigenvalue weighted by atomic mass is 10.0. The summed E-state index contributed by atoms with van der Waals surface area (Å²) in [4.78, 5) is 37.1. The van der Waals surface area contributed by atoms with Crippen LogP contribution >= 0.6 is 11.3 Å². The first-order valence-electron chi connectivity index (χ1n) is 8.72. The van der Waals surface area contributed by atoms with Gasteiger partial charge in [0.25, 0.3) is 0 Å². The fraction of sp³-hybridized carbons (Fsp3) is 0.136. The summed E-state index contributed by atoms with van der Waals surface area (Å²) in [6, 6.07) is 19.3. The minimum absolute atomic E-state index is 0.0616. The van der Waals surface area contributed by atoms with Gasteiger partial charge in [-0.2, -0.15) is 0 Å². The molecule has 0 saturated heterocycles. The number of carbonyl (C=O) groups is 3. The van der Waals surface area contributed by atoms with Crippen molar-refractivity contribution in [3.8, 4) is 5.75 Å². The Morgan fingerprint density at radius 2 is 1.57 bits per heavy atom. The van der Waals surface area contributed by atoms with Crippen LogP contribution in [-0.4, -0.2) is 24.1 Å². The second kappa shape index (κ2) is 9.10. The maximum atomic E-state index is 12.4. The molecule has 0 unspecified atom stereocenters. The van der Waals surface area contributed by atoms with Crippen molar-refractivity contribution >= 4 is 28.8 Å². The Labute approximate surface area is 167 Å². The average Bonchev–Trinajstić information content (AvgIpc) is 3.20. The molecule has 1 N–H and O–H groups in total. The molecule has 0 bridgehead atoms. The van der Waals surface area contributed by atoms with Crippen molar-refractivity contribution in [3.05, 3.63) is 87.6 Å². The summed E-state index contributed by atoms with van der Waals surface area (Å²) < 4.78 is 5.55. The van der Waals surface area contributed by atoms with E-state index in [-0.39, 0.29) is 24.1 Å². The molecule has 6 heteroatoms. The van der Waals surface area contributed by atoms with Gasteiger partial charge in [-0.1, -0.05) is 30.3 Å². The minimum Gasteiger partial charge on any atom is -0.485 e. The fourth-order valence-corrected chi connectivity index (χ4v) is 3.38. The molecule has 142 valence electrons. The monoisotopic (exact) mass is 393 g/mol. The molecule has 0 aliphatic carbocycles. The quantitative estimate of drug-likeness (QED) is 0.590. The van der Waals surface area contributed by atoms with Gasteiger partial charge in [-0.15, -0.1) is 11.3 Å². The zero-order chi connectivity index (χ0) is 19.9. The van der Waals surface area contributed by atoms with Crippen LogP contribution in [0.4, 0.5) is 0 Å².